The van der Waals surface area contributed by atoms with Gasteiger partial charge in [-0.2, -0.15) is 11.8 Å². The van der Waals surface area contributed by atoms with Crippen LogP contribution in [0.2, 0.25) is 0 Å². The summed E-state index contributed by atoms with van der Waals surface area (Å²) >= 11 is 1.36. The lowest BCUT2D eigenvalue weighted by Crippen LogP contribution is -2.57. The molecular weight excluding hydrogens is 474 g/mol. The lowest BCUT2D eigenvalue weighted by Gasteiger charge is -2.24. The molecule has 4 unspecified atom stereocenters. The van der Waals surface area contributed by atoms with Crippen LogP contribution >= 0.6 is 11.8 Å². The van der Waals surface area contributed by atoms with E-state index in [2.05, 4.69) is 20.9 Å². The maximum atomic E-state index is 12.9. The molecule has 0 aliphatic carbocycles. The van der Waals surface area contributed by atoms with E-state index in [-0.39, 0.29) is 31.8 Å². The number of aliphatic imine (C=N–C) groups is 1. The van der Waals surface area contributed by atoms with Gasteiger partial charge in [-0.25, -0.2) is 4.79 Å². The molecule has 0 aliphatic rings. The molecule has 0 aliphatic heterocycles. The molecule has 0 rings (SSSR count). The van der Waals surface area contributed by atoms with Crippen molar-refractivity contribution < 1.29 is 39.3 Å². The number of hydrogen-bond donors (Lipinski definition) is 9. The number of aliphatic hydroxyl groups excluding tert-OH is 1. The Balaban J connectivity index is 5.51. The predicted molar refractivity (Wildman–Crippen MR) is 124 cm³/mol. The van der Waals surface area contributed by atoms with Gasteiger partial charge in [-0.1, -0.05) is 0 Å². The molecule has 12 N–H and O–H groups in total. The van der Waals surface area contributed by atoms with E-state index >= 15 is 0 Å². The molecule has 0 aromatic rings. The van der Waals surface area contributed by atoms with Gasteiger partial charge >= 0.3 is 11.9 Å². The van der Waals surface area contributed by atoms with E-state index < -0.39 is 66.9 Å². The molecule has 0 radical (unpaired) electrons. The van der Waals surface area contributed by atoms with E-state index in [4.69, 9.17) is 32.5 Å². The highest BCUT2D eigenvalue weighted by Crippen LogP contribution is 2.06. The number of carbonyl (C=O) groups is 5. The van der Waals surface area contributed by atoms with Crippen molar-refractivity contribution >= 4 is 47.4 Å². The Bertz CT molecular complexity index is 748. The van der Waals surface area contributed by atoms with Crippen LogP contribution in [0.4, 0.5) is 0 Å². The molecule has 0 saturated carbocycles. The van der Waals surface area contributed by atoms with E-state index in [1.807, 2.05) is 0 Å². The van der Waals surface area contributed by atoms with E-state index in [1.165, 1.54) is 11.8 Å². The predicted octanol–water partition coefficient (Wildman–Crippen LogP) is -3.87. The van der Waals surface area contributed by atoms with Crippen LogP contribution in [0.1, 0.15) is 25.7 Å². The summed E-state index contributed by atoms with van der Waals surface area (Å²) in [5.41, 5.74) is 16.0. The second-order valence-corrected chi connectivity index (χ2v) is 8.12. The van der Waals surface area contributed by atoms with Crippen molar-refractivity contribution in [3.63, 3.8) is 0 Å². The number of carboxylic acid groups (broad SMARTS) is 2. The van der Waals surface area contributed by atoms with Crippen LogP contribution in [-0.2, 0) is 24.0 Å². The van der Waals surface area contributed by atoms with Crippen molar-refractivity contribution in [2.24, 2.45) is 22.2 Å². The number of hydrogen-bond acceptors (Lipinski definition) is 9. The van der Waals surface area contributed by atoms with Gasteiger partial charge in [-0.3, -0.25) is 24.2 Å². The maximum absolute atomic E-state index is 12.9. The second kappa shape index (κ2) is 16.5. The molecule has 0 fully saturated rings. The van der Waals surface area contributed by atoms with Crippen LogP contribution in [0, 0.1) is 0 Å². The third-order valence-electron chi connectivity index (χ3n) is 4.35. The van der Waals surface area contributed by atoms with Crippen LogP contribution in [0.3, 0.4) is 0 Å². The minimum Gasteiger partial charge on any atom is -0.481 e. The Morgan fingerprint density at radius 1 is 0.912 bits per heavy atom. The lowest BCUT2D eigenvalue weighted by molar-refractivity contribution is -0.147. The lowest BCUT2D eigenvalue weighted by atomic mass is 10.1. The van der Waals surface area contributed by atoms with Crippen molar-refractivity contribution in [1.29, 1.82) is 0 Å². The Hall–Kier alpha value is -3.11. The normalized spacial score (nSPS) is 14.1. The molecule has 194 valence electrons. The van der Waals surface area contributed by atoms with Crippen LogP contribution in [0.5, 0.6) is 0 Å². The van der Waals surface area contributed by atoms with Gasteiger partial charge in [0, 0.05) is 6.54 Å². The fourth-order valence-electron chi connectivity index (χ4n) is 2.56. The molecule has 15 nitrogen and oxygen atoms in total. The summed E-state index contributed by atoms with van der Waals surface area (Å²) in [5, 5.41) is 34.0. The van der Waals surface area contributed by atoms with Crippen LogP contribution in [-0.4, -0.2) is 100 Å². The first-order chi connectivity index (χ1) is 15.9. The highest BCUT2D eigenvalue weighted by Gasteiger charge is 2.30. The summed E-state index contributed by atoms with van der Waals surface area (Å²) < 4.78 is 0. The molecule has 0 aromatic carbocycles. The van der Waals surface area contributed by atoms with Crippen molar-refractivity contribution in [3.05, 3.63) is 0 Å². The van der Waals surface area contributed by atoms with Gasteiger partial charge in [0.2, 0.25) is 17.7 Å². The third kappa shape index (κ3) is 12.8. The zero-order valence-electron chi connectivity index (χ0n) is 18.7. The van der Waals surface area contributed by atoms with Crippen molar-refractivity contribution in [3.8, 4) is 0 Å². The summed E-state index contributed by atoms with van der Waals surface area (Å²) in [7, 11) is 0. The number of carbonyl (C=O) groups excluding carboxylic acids is 3. The molecular formula is C18H33N7O8S. The minimum absolute atomic E-state index is 0.0557. The van der Waals surface area contributed by atoms with Crippen molar-refractivity contribution in [2.75, 3.05) is 25.2 Å². The first kappa shape index (κ1) is 30.9. The van der Waals surface area contributed by atoms with E-state index in [0.29, 0.717) is 5.75 Å². The second-order valence-electron chi connectivity index (χ2n) is 7.14. The largest absolute Gasteiger partial charge is 0.481 e. The number of nitrogens with zero attached hydrogens (tertiary/aromatic N) is 1. The SMILES string of the molecule is CSCCC(NC(=O)C(CCCN=C(N)N)NC(=O)C(N)CO)C(=O)NC(CC(=O)O)C(=O)O. The number of nitrogens with two attached hydrogens (primary N) is 3. The molecule has 0 saturated heterocycles. The summed E-state index contributed by atoms with van der Waals surface area (Å²) in [6.07, 6.45) is 1.33. The van der Waals surface area contributed by atoms with Gasteiger partial charge < -0.3 is 48.5 Å². The summed E-state index contributed by atoms with van der Waals surface area (Å²) in [6.45, 7) is -0.507. The highest BCUT2D eigenvalue weighted by molar-refractivity contribution is 7.98. The monoisotopic (exact) mass is 507 g/mol. The first-order valence-electron chi connectivity index (χ1n) is 10.2. The minimum atomic E-state index is -1.70. The number of nitrogens with one attached hydrogen (secondary N) is 3. The third-order valence-corrected chi connectivity index (χ3v) is 4.99. The zero-order valence-corrected chi connectivity index (χ0v) is 19.5. The van der Waals surface area contributed by atoms with Gasteiger partial charge in [0.25, 0.3) is 0 Å². The first-order valence-corrected chi connectivity index (χ1v) is 11.6. The topological polar surface area (TPSA) is 273 Å². The quantitative estimate of drug-likeness (QED) is 0.0519. The number of carboxylic acids is 2. The Morgan fingerprint density at radius 2 is 1.44 bits per heavy atom. The molecule has 0 bridgehead atoms. The molecule has 34 heavy (non-hydrogen) atoms. The molecule has 4 atom stereocenters. The highest BCUT2D eigenvalue weighted by atomic mass is 32.2. The molecule has 0 heterocycles. The van der Waals surface area contributed by atoms with Crippen LogP contribution < -0.4 is 33.2 Å². The number of aliphatic hydroxyl groups is 1. The van der Waals surface area contributed by atoms with Gasteiger partial charge in [0.05, 0.1) is 13.0 Å². The molecule has 0 aromatic heterocycles. The fraction of sp³-hybridized carbons (Fsp3) is 0.667. The fourth-order valence-corrected chi connectivity index (χ4v) is 3.03. The number of amides is 3. The molecule has 0 spiro atoms. The smallest absolute Gasteiger partial charge is 0.326 e. The molecule has 16 heteroatoms. The van der Waals surface area contributed by atoms with Crippen LogP contribution in [0.15, 0.2) is 4.99 Å². The summed E-state index contributed by atoms with van der Waals surface area (Å²) in [6, 6.07) is -5.36. The molecule has 3 amide bonds. The van der Waals surface area contributed by atoms with E-state index in [0.717, 1.165) is 0 Å². The number of thioether (sulfide) groups is 1. The Labute approximate surface area is 200 Å². The van der Waals surface area contributed by atoms with E-state index in [1.54, 1.807) is 6.26 Å². The van der Waals surface area contributed by atoms with Gasteiger partial charge in [0.1, 0.15) is 24.2 Å². The summed E-state index contributed by atoms with van der Waals surface area (Å²) in [5.74, 6) is -5.19. The van der Waals surface area contributed by atoms with Crippen molar-refractivity contribution in [2.45, 2.75) is 49.9 Å². The van der Waals surface area contributed by atoms with Crippen molar-refractivity contribution in [1.82, 2.24) is 16.0 Å². The average Bonchev–Trinajstić information content (AvgIpc) is 2.76. The summed E-state index contributed by atoms with van der Waals surface area (Å²) in [4.78, 5) is 63.5. The average molecular weight is 508 g/mol. The van der Waals surface area contributed by atoms with E-state index in [9.17, 15) is 24.0 Å². The standard InChI is InChI=1S/C18H33N7O8S/c1-34-6-4-11(16(31)25-12(17(32)33)7-13(27)28)24-15(30)10(3-2-5-22-18(20)21)23-14(29)9(19)8-26/h9-12,26H,2-8,19H2,1H3,(H,23,29)(H,24,30)(H,25,31)(H,27,28)(H,32,33)(H4,20,21,22). The number of aliphatic carboxylic acids is 2. The van der Waals surface area contributed by atoms with Gasteiger partial charge in [-0.15, -0.1) is 0 Å². The van der Waals surface area contributed by atoms with Crippen LogP contribution in [0.25, 0.3) is 0 Å². The Morgan fingerprint density at radius 3 is 1.91 bits per heavy atom. The number of rotatable bonds is 17. The number of guanidine groups is 1. The van der Waals surface area contributed by atoms with Gasteiger partial charge in [0.15, 0.2) is 5.96 Å². The zero-order chi connectivity index (χ0) is 26.3. The Kier molecular flexibility index (Phi) is 15.0. The van der Waals surface area contributed by atoms with Gasteiger partial charge in [-0.05, 0) is 31.3 Å². The maximum Gasteiger partial charge on any atom is 0.326 e.